The molecular formula is C128H224N8O8+8. The third-order valence-electron chi connectivity index (χ3n) is 28.8. The third kappa shape index (κ3) is 67.6. The predicted molar refractivity (Wildman–Crippen MR) is 622 cm³/mol. The fourth-order valence-corrected chi connectivity index (χ4v) is 18.6. The van der Waals surface area contributed by atoms with Gasteiger partial charge in [0.05, 0.1) is 266 Å². The van der Waals surface area contributed by atoms with Gasteiger partial charge in [0, 0.05) is 19.3 Å². The van der Waals surface area contributed by atoms with Gasteiger partial charge in [-0.2, -0.15) is 0 Å². The average Bonchev–Trinajstić information content (AvgIpc) is 0.884. The van der Waals surface area contributed by atoms with E-state index in [9.17, 15) is 0 Å². The topological polar surface area (TPSA) is 73.8 Å². The molecule has 0 aliphatic rings. The van der Waals surface area contributed by atoms with Crippen LogP contribution in [0.3, 0.4) is 0 Å². The summed E-state index contributed by atoms with van der Waals surface area (Å²) >= 11 is 0. The van der Waals surface area contributed by atoms with Crippen LogP contribution in [0, 0.1) is 0 Å². The normalized spacial score (nSPS) is 12.3. The minimum atomic E-state index is 0.723. The summed E-state index contributed by atoms with van der Waals surface area (Å²) in [4.78, 5) is 0. The van der Waals surface area contributed by atoms with Gasteiger partial charge in [-0.1, -0.05) is 274 Å². The highest BCUT2D eigenvalue weighted by molar-refractivity contribution is 5.23. The molecule has 0 saturated carbocycles. The average molecular weight is 2000 g/mol. The number of hydrogen-bond acceptors (Lipinski definition) is 8. The first kappa shape index (κ1) is 135. The van der Waals surface area contributed by atoms with Crippen LogP contribution in [0.2, 0.25) is 0 Å². The van der Waals surface area contributed by atoms with E-state index in [1.54, 1.807) is 0 Å². The number of ether oxygens (including phenoxy) is 8. The third-order valence-corrected chi connectivity index (χ3v) is 28.8. The zero-order valence-corrected chi connectivity index (χ0v) is 97.5. The lowest BCUT2D eigenvalue weighted by molar-refractivity contribution is -0.927. The van der Waals surface area contributed by atoms with Crippen LogP contribution in [0.1, 0.15) is 236 Å². The Morgan fingerprint density at radius 1 is 0.160 bits per heavy atom. The maximum Gasteiger partial charge on any atom is 0.119 e. The molecule has 0 aliphatic carbocycles. The van der Waals surface area contributed by atoms with E-state index in [0.717, 1.165) is 183 Å². The van der Waals surface area contributed by atoms with Crippen molar-refractivity contribution in [2.24, 2.45) is 0 Å². The Morgan fingerprint density at radius 2 is 0.347 bits per heavy atom. The van der Waals surface area contributed by atoms with Crippen LogP contribution in [-0.4, -0.2) is 328 Å². The van der Waals surface area contributed by atoms with Crippen LogP contribution >= 0.6 is 0 Å². The van der Waals surface area contributed by atoms with Crippen molar-refractivity contribution < 1.29 is 73.8 Å². The maximum absolute atomic E-state index is 5.91. The van der Waals surface area contributed by atoms with E-state index in [1.807, 2.05) is 115 Å². The summed E-state index contributed by atoms with van der Waals surface area (Å²) in [5, 5.41) is 0. The van der Waals surface area contributed by atoms with E-state index in [1.165, 1.54) is 263 Å². The second-order valence-electron chi connectivity index (χ2n) is 41.6. The summed E-state index contributed by atoms with van der Waals surface area (Å²) in [5.74, 6) is 2.96. The van der Waals surface area contributed by atoms with Crippen molar-refractivity contribution in [2.45, 2.75) is 240 Å². The molecule has 16 nitrogen and oxygen atoms in total. The molecule has 2 unspecified atom stereocenters. The fraction of sp³-hybridized carbons (Fsp3) is 0.625. The molecule has 0 amide bonds. The van der Waals surface area contributed by atoms with Crippen LogP contribution in [-0.2, 0) is 56.0 Å². The summed E-state index contributed by atoms with van der Waals surface area (Å²) < 4.78 is 55.3. The Kier molecular flexibility index (Phi) is 80.8. The molecule has 8 rings (SSSR count). The van der Waals surface area contributed by atoms with Crippen LogP contribution in [0.5, 0.6) is 17.2 Å². The quantitative estimate of drug-likeness (QED) is 0.0276. The van der Waals surface area contributed by atoms with Crippen molar-refractivity contribution in [2.75, 3.05) is 292 Å². The van der Waals surface area contributed by atoms with Gasteiger partial charge in [0.1, 0.15) is 50.0 Å². The number of likely N-dealkylation sites (N-methyl/N-ethyl adjacent to an activating group) is 5. The zero-order chi connectivity index (χ0) is 106. The number of unbranched alkanes of at least 4 members (excludes halogenated alkanes) is 2. The molecule has 0 saturated heterocycles. The lowest BCUT2D eigenvalue weighted by Crippen LogP contribution is -2.51. The number of nitrogens with zero attached hydrogens (tertiary/aromatic N) is 8. The summed E-state index contributed by atoms with van der Waals surface area (Å²) in [5.41, 5.74) is 6.69. The van der Waals surface area contributed by atoms with E-state index in [-0.39, 0.29) is 0 Å². The SMILES string of the molecule is CCCC[N+](CC)(CCC)CCCOc1ccccc1.CCCC[N+](CC)(CCC)CCOCCc1ccccc1.CCC[N+](CC)(CCC)CCCOc1ccccc1.CCC[N+](CC)(CCC)CCOCCc1ccccc1.CC[N+](CC)(CC)CCCOc1ccccc1.CC[N+](CC)(CC)CCOCCc1ccccc1.C[N+](C)(C)CCOCCc1ccccc1.C[N+](C)(C)CCOCc1ccccc1. The number of hydrogen-bond donors (Lipinski definition) is 0. The van der Waals surface area contributed by atoms with Crippen LogP contribution in [0.25, 0.3) is 0 Å². The van der Waals surface area contributed by atoms with E-state index < -0.39 is 0 Å². The molecule has 0 N–H and O–H groups in total. The Labute approximate surface area is 888 Å². The summed E-state index contributed by atoms with van der Waals surface area (Å²) in [6.07, 6.45) is 20.4. The van der Waals surface area contributed by atoms with Crippen molar-refractivity contribution >= 4 is 0 Å². The van der Waals surface area contributed by atoms with Crippen molar-refractivity contribution in [1.29, 1.82) is 0 Å². The van der Waals surface area contributed by atoms with E-state index in [0.29, 0.717) is 0 Å². The molecule has 8 aromatic carbocycles. The molecule has 0 fully saturated rings. The number of benzene rings is 8. The molecule has 0 heterocycles. The van der Waals surface area contributed by atoms with Gasteiger partial charge >= 0.3 is 0 Å². The summed E-state index contributed by atoms with van der Waals surface area (Å²) in [6.45, 7) is 84.1. The van der Waals surface area contributed by atoms with Gasteiger partial charge in [-0.05, 0) is 211 Å². The summed E-state index contributed by atoms with van der Waals surface area (Å²) in [6, 6.07) is 82.8. The first-order valence-corrected chi connectivity index (χ1v) is 57.6. The van der Waals surface area contributed by atoms with E-state index >= 15 is 0 Å². The maximum atomic E-state index is 5.91. The lowest BCUT2D eigenvalue weighted by Gasteiger charge is -2.38. The van der Waals surface area contributed by atoms with Gasteiger partial charge in [-0.3, -0.25) is 0 Å². The van der Waals surface area contributed by atoms with Crippen molar-refractivity contribution in [3.63, 3.8) is 0 Å². The second kappa shape index (κ2) is 86.5. The van der Waals surface area contributed by atoms with Crippen LogP contribution < -0.4 is 14.2 Å². The predicted octanol–water partition coefficient (Wildman–Crippen LogP) is 27.1. The Morgan fingerprint density at radius 3 is 0.583 bits per heavy atom. The monoisotopic (exact) mass is 2000 g/mol. The van der Waals surface area contributed by atoms with Crippen LogP contribution in [0.4, 0.5) is 0 Å². The van der Waals surface area contributed by atoms with Crippen molar-refractivity contribution in [1.82, 2.24) is 0 Å². The molecule has 0 spiro atoms. The van der Waals surface area contributed by atoms with Gasteiger partial charge in [0.25, 0.3) is 0 Å². The highest BCUT2D eigenvalue weighted by Gasteiger charge is 2.28. The molecule has 0 aromatic heterocycles. The first-order valence-electron chi connectivity index (χ1n) is 57.6. The van der Waals surface area contributed by atoms with Gasteiger partial charge in [-0.25, -0.2) is 0 Å². The standard InChI is InChI=1S/C19H34NO.2C18H32NO.C17H30NO.C16H28NO.C15H26NO.C13H22NO.C12H20NO/c1-4-7-15-20(6-3,14-5-2)16-18-21-17-13-19-11-9-8-10-12-19;1-4-13-19(6-3,14-5-2)15-17-20-16-12-18-10-8-7-9-11-18;1-4-7-15-19(6-3,14-5-2)16-11-17-20-18-12-9-8-10-13-18;1-4-13-18(6-3,14-5-2)15-10-16-19-17-11-8-7-9-12-17;1-4-17(5-2,6-3)13-15-18-14-12-16-10-8-7-9-11-16;1-4-16(5-2,6-3)13-10-14-17-15-11-8-7-9-12-15;1-14(2,3)10-12-15-11-9-13-7-5-4-6-8-13;1-13(2,3)9-10-14-11-12-7-5-4-6-8-12/h8-12H,4-7,13-18H2,1-3H3;7-11H,4-6,12-17H2,1-3H3;8-10,12-13H,4-7,11,14-17H2,1-3H3;7-9,11-12H,4-6,10,13-16H2,1-3H3;7-11H,4-6,12-15H2,1-3H3;7-9,11-12H,4-6,10,13-14H2,1-3H3;4-8H,9-12H2,1-3H3;4-8H,9-11H2,1-3H3/q8*+1. The number of para-hydroxylation sites is 3. The van der Waals surface area contributed by atoms with Gasteiger partial charge in [0.2, 0.25) is 0 Å². The molecule has 816 valence electrons. The molecule has 144 heavy (non-hydrogen) atoms. The molecular weight excluding hydrogens is 1780 g/mol. The molecule has 16 heteroatoms. The highest BCUT2D eigenvalue weighted by Crippen LogP contribution is 2.20. The van der Waals surface area contributed by atoms with Gasteiger partial charge in [-0.15, -0.1) is 0 Å². The Hall–Kier alpha value is -7.36. The van der Waals surface area contributed by atoms with Crippen molar-refractivity contribution in [3.05, 3.63) is 270 Å². The highest BCUT2D eigenvalue weighted by atomic mass is 16.5. The van der Waals surface area contributed by atoms with Gasteiger partial charge in [0.15, 0.2) is 0 Å². The largest absolute Gasteiger partial charge is 0.493 e. The molecule has 0 radical (unpaired) electrons. The molecule has 0 aliphatic heterocycles. The fourth-order valence-electron chi connectivity index (χ4n) is 18.6. The lowest BCUT2D eigenvalue weighted by atomic mass is 10.2. The minimum Gasteiger partial charge on any atom is -0.493 e. The molecule has 2 atom stereocenters. The smallest absolute Gasteiger partial charge is 0.119 e. The van der Waals surface area contributed by atoms with E-state index in [4.69, 9.17) is 37.9 Å². The van der Waals surface area contributed by atoms with Crippen molar-refractivity contribution in [3.8, 4) is 17.2 Å². The second-order valence-corrected chi connectivity index (χ2v) is 41.6. The first-order chi connectivity index (χ1) is 69.7. The Balaban J connectivity index is 0.000000825. The molecule has 0 bridgehead atoms. The Bertz CT molecular complexity index is 4010. The van der Waals surface area contributed by atoms with E-state index in [2.05, 4.69) is 294 Å². The number of quaternary nitrogens is 8. The minimum absolute atomic E-state index is 0.723. The summed E-state index contributed by atoms with van der Waals surface area (Å²) in [7, 11) is 13.1. The van der Waals surface area contributed by atoms with Gasteiger partial charge < -0.3 is 73.8 Å². The number of rotatable bonds is 72. The van der Waals surface area contributed by atoms with Crippen LogP contribution in [0.15, 0.2) is 243 Å². The zero-order valence-electron chi connectivity index (χ0n) is 97.5. The molecule has 8 aromatic rings.